The molecule has 24 heavy (non-hydrogen) atoms. The van der Waals surface area contributed by atoms with Gasteiger partial charge in [0.05, 0.1) is 11.6 Å². The van der Waals surface area contributed by atoms with Crippen molar-refractivity contribution in [2.75, 3.05) is 19.7 Å². The zero-order valence-corrected chi connectivity index (χ0v) is 12.5. The number of benzene rings is 1. The summed E-state index contributed by atoms with van der Waals surface area (Å²) in [6.45, 7) is 0.0784. The highest BCUT2D eigenvalue weighted by Crippen LogP contribution is 2.20. The molecule has 9 nitrogen and oxygen atoms in total. The van der Waals surface area contributed by atoms with Crippen LogP contribution in [-0.2, 0) is 20.9 Å². The molecular weight excluding hydrogens is 318 g/mol. The van der Waals surface area contributed by atoms with Crippen LogP contribution < -0.4 is 5.76 Å². The van der Waals surface area contributed by atoms with Gasteiger partial charge in [0.25, 0.3) is 5.91 Å². The number of fused-ring (bicyclic) bond motifs is 1. The lowest BCUT2D eigenvalue weighted by molar-refractivity contribution is -0.142. The maximum atomic E-state index is 12.3. The number of hydrogen-bond acceptors (Lipinski definition) is 6. The molecule has 3 heterocycles. The van der Waals surface area contributed by atoms with Gasteiger partial charge in [-0.1, -0.05) is 12.1 Å². The van der Waals surface area contributed by atoms with E-state index in [2.05, 4.69) is 4.74 Å². The fourth-order valence-electron chi connectivity index (χ4n) is 2.94. The van der Waals surface area contributed by atoms with Crippen LogP contribution in [0, 0.1) is 0 Å². The van der Waals surface area contributed by atoms with E-state index in [1.54, 1.807) is 24.3 Å². The zero-order chi connectivity index (χ0) is 16.8. The summed E-state index contributed by atoms with van der Waals surface area (Å²) < 4.78 is 11.0. The van der Waals surface area contributed by atoms with Gasteiger partial charge in [-0.05, 0) is 12.1 Å². The largest absolute Gasteiger partial charge is 0.439 e. The molecule has 2 aliphatic heterocycles. The summed E-state index contributed by atoms with van der Waals surface area (Å²) in [5.41, 5.74) is 0.966. The van der Waals surface area contributed by atoms with Gasteiger partial charge < -0.3 is 14.1 Å². The summed E-state index contributed by atoms with van der Waals surface area (Å²) in [5.74, 6) is -1.27. The van der Waals surface area contributed by atoms with E-state index in [9.17, 15) is 19.2 Å². The van der Waals surface area contributed by atoms with Crippen molar-refractivity contribution in [2.24, 2.45) is 0 Å². The minimum absolute atomic E-state index is 0.152. The van der Waals surface area contributed by atoms with Crippen molar-refractivity contribution in [3.05, 3.63) is 34.8 Å². The highest BCUT2D eigenvalue weighted by molar-refractivity contribution is 5.98. The molecule has 0 saturated carbocycles. The standard InChI is InChI=1S/C15H13N3O6/c19-12(7-17-10-3-1-2-4-11(10)24-14(17)21)16-5-9(6-16)18-13(20)8-23-15(18)22/h1-4,9H,5-8H2. The highest BCUT2D eigenvalue weighted by atomic mass is 16.6. The van der Waals surface area contributed by atoms with Crippen LogP contribution in [0.3, 0.4) is 0 Å². The molecule has 0 atom stereocenters. The van der Waals surface area contributed by atoms with E-state index >= 15 is 0 Å². The molecule has 2 saturated heterocycles. The summed E-state index contributed by atoms with van der Waals surface area (Å²) in [6.07, 6.45) is -0.672. The number of para-hydroxylation sites is 2. The Labute approximate surface area is 135 Å². The van der Waals surface area contributed by atoms with Gasteiger partial charge in [0, 0.05) is 13.1 Å². The molecule has 1 aromatic carbocycles. The summed E-state index contributed by atoms with van der Waals surface area (Å²) in [7, 11) is 0. The first-order chi connectivity index (χ1) is 11.5. The maximum Gasteiger partial charge on any atom is 0.420 e. The molecule has 1 aromatic heterocycles. The van der Waals surface area contributed by atoms with Gasteiger partial charge in [-0.25, -0.2) is 14.5 Å². The number of carbonyl (C=O) groups excluding carboxylic acids is 3. The first-order valence-electron chi connectivity index (χ1n) is 7.39. The van der Waals surface area contributed by atoms with Gasteiger partial charge in [0.1, 0.15) is 6.54 Å². The van der Waals surface area contributed by atoms with Crippen molar-refractivity contribution in [3.8, 4) is 0 Å². The number of imide groups is 1. The van der Waals surface area contributed by atoms with Crippen molar-refractivity contribution < 1.29 is 23.5 Å². The van der Waals surface area contributed by atoms with Gasteiger partial charge in [0.2, 0.25) is 5.91 Å². The van der Waals surface area contributed by atoms with Crippen LogP contribution >= 0.6 is 0 Å². The monoisotopic (exact) mass is 331 g/mol. The maximum absolute atomic E-state index is 12.3. The molecular formula is C15H13N3O6. The number of carbonyl (C=O) groups is 3. The van der Waals surface area contributed by atoms with Crippen LogP contribution in [0.15, 0.2) is 33.5 Å². The average Bonchev–Trinajstić information content (AvgIpc) is 3.00. The molecule has 0 bridgehead atoms. The lowest BCUT2D eigenvalue weighted by atomic mass is 10.1. The van der Waals surface area contributed by atoms with Crippen molar-refractivity contribution in [1.29, 1.82) is 0 Å². The van der Waals surface area contributed by atoms with E-state index in [-0.39, 0.29) is 38.2 Å². The lowest BCUT2D eigenvalue weighted by Crippen LogP contribution is -2.62. The second-order valence-electron chi connectivity index (χ2n) is 5.69. The Balaban J connectivity index is 1.45. The number of hydrogen-bond donors (Lipinski definition) is 0. The number of likely N-dealkylation sites (tertiary alicyclic amines) is 1. The first-order valence-corrected chi connectivity index (χ1v) is 7.39. The van der Waals surface area contributed by atoms with Gasteiger partial charge in [-0.2, -0.15) is 0 Å². The van der Waals surface area contributed by atoms with E-state index in [1.807, 2.05) is 0 Å². The van der Waals surface area contributed by atoms with Gasteiger partial charge in [-0.3, -0.25) is 14.2 Å². The number of nitrogens with zero attached hydrogens (tertiary/aromatic N) is 3. The third-order valence-corrected chi connectivity index (χ3v) is 4.23. The molecule has 124 valence electrons. The Morgan fingerprint density at radius 2 is 1.92 bits per heavy atom. The van der Waals surface area contributed by atoms with Crippen molar-refractivity contribution in [1.82, 2.24) is 14.4 Å². The number of oxazole rings is 1. The Hall–Kier alpha value is -3.10. The highest BCUT2D eigenvalue weighted by Gasteiger charge is 2.44. The predicted octanol–water partition coefficient (Wildman–Crippen LogP) is -0.216. The number of cyclic esters (lactones) is 1. The third-order valence-electron chi connectivity index (χ3n) is 4.23. The fraction of sp³-hybridized carbons (Fsp3) is 0.333. The molecule has 2 aromatic rings. The fourth-order valence-corrected chi connectivity index (χ4v) is 2.94. The normalized spacial score (nSPS) is 18.2. The molecule has 9 heteroatoms. The van der Waals surface area contributed by atoms with Crippen LogP contribution in [-0.4, -0.2) is 58.0 Å². The molecule has 2 fully saturated rings. The molecule has 0 aliphatic carbocycles. The lowest BCUT2D eigenvalue weighted by Gasteiger charge is -2.41. The third kappa shape index (κ3) is 2.16. The van der Waals surface area contributed by atoms with Gasteiger partial charge in [-0.15, -0.1) is 0 Å². The Bertz CT molecular complexity index is 891. The first kappa shape index (κ1) is 14.5. The summed E-state index contributed by atoms with van der Waals surface area (Å²) in [5, 5.41) is 0. The molecule has 0 N–H and O–H groups in total. The second-order valence-corrected chi connectivity index (χ2v) is 5.69. The van der Waals surface area contributed by atoms with Crippen LogP contribution in [0.4, 0.5) is 4.79 Å². The van der Waals surface area contributed by atoms with E-state index in [1.165, 1.54) is 9.47 Å². The Morgan fingerprint density at radius 1 is 1.17 bits per heavy atom. The SMILES string of the molecule is O=C(Cn1c(=O)oc2ccccc21)N1CC(N2C(=O)COC2=O)C1. The van der Waals surface area contributed by atoms with E-state index in [4.69, 9.17) is 4.42 Å². The molecule has 0 spiro atoms. The quantitative estimate of drug-likeness (QED) is 0.771. The molecule has 0 unspecified atom stereocenters. The topological polar surface area (TPSA) is 102 Å². The zero-order valence-electron chi connectivity index (χ0n) is 12.5. The van der Waals surface area contributed by atoms with Crippen molar-refractivity contribution in [2.45, 2.75) is 12.6 Å². The predicted molar refractivity (Wildman–Crippen MR) is 79.0 cm³/mol. The summed E-state index contributed by atoms with van der Waals surface area (Å²) >= 11 is 0. The van der Waals surface area contributed by atoms with Crippen molar-refractivity contribution >= 4 is 29.0 Å². The second kappa shape index (κ2) is 5.22. The van der Waals surface area contributed by atoms with E-state index in [0.29, 0.717) is 11.1 Å². The minimum atomic E-state index is -0.672. The number of ether oxygens (including phenoxy) is 1. The van der Waals surface area contributed by atoms with Crippen LogP contribution in [0.1, 0.15) is 0 Å². The van der Waals surface area contributed by atoms with E-state index in [0.717, 1.165) is 4.90 Å². The molecule has 3 amide bonds. The minimum Gasteiger partial charge on any atom is -0.439 e. The number of amides is 3. The van der Waals surface area contributed by atoms with Crippen molar-refractivity contribution in [3.63, 3.8) is 0 Å². The van der Waals surface area contributed by atoms with Gasteiger partial charge in [0.15, 0.2) is 12.2 Å². The Kier molecular flexibility index (Phi) is 3.15. The van der Waals surface area contributed by atoms with E-state index < -0.39 is 17.8 Å². The smallest absolute Gasteiger partial charge is 0.420 e. The van der Waals surface area contributed by atoms with Gasteiger partial charge >= 0.3 is 11.8 Å². The molecule has 4 rings (SSSR count). The molecule has 0 radical (unpaired) electrons. The number of aromatic nitrogens is 1. The Morgan fingerprint density at radius 3 is 2.62 bits per heavy atom. The summed E-state index contributed by atoms with van der Waals surface area (Å²) in [6, 6.07) is 6.48. The number of rotatable bonds is 3. The average molecular weight is 331 g/mol. The summed E-state index contributed by atoms with van der Waals surface area (Å²) in [4.78, 5) is 49.7. The molecule has 2 aliphatic rings. The van der Waals surface area contributed by atoms with Crippen LogP contribution in [0.5, 0.6) is 0 Å². The van der Waals surface area contributed by atoms with Crippen LogP contribution in [0.2, 0.25) is 0 Å². The van der Waals surface area contributed by atoms with Crippen LogP contribution in [0.25, 0.3) is 11.1 Å².